The Balaban J connectivity index is 2.10. The molecule has 3 heteroatoms. The van der Waals surface area contributed by atoms with Crippen LogP contribution in [0.5, 0.6) is 0 Å². The highest BCUT2D eigenvalue weighted by Gasteiger charge is 2.28. The van der Waals surface area contributed by atoms with Crippen molar-refractivity contribution >= 4 is 11.3 Å². The van der Waals surface area contributed by atoms with Crippen molar-refractivity contribution in [2.75, 3.05) is 20.1 Å². The van der Waals surface area contributed by atoms with Crippen molar-refractivity contribution in [2.45, 2.75) is 44.7 Å². The number of nitrogens with zero attached hydrogens (tertiary/aromatic N) is 1. The highest BCUT2D eigenvalue weighted by molar-refractivity contribution is 7.10. The summed E-state index contributed by atoms with van der Waals surface area (Å²) in [6.07, 6.45) is 5.33. The van der Waals surface area contributed by atoms with Crippen LogP contribution in [0, 0.1) is 0 Å². The first-order valence-electron chi connectivity index (χ1n) is 6.80. The minimum absolute atomic E-state index is 0.633. The summed E-state index contributed by atoms with van der Waals surface area (Å²) < 4.78 is 0. The standard InChI is InChI=1S/C14H24N2S/c1-3-13(14-8-6-10-17-14)16-9-5-4-7-12(16)11-15-2/h6,8,10,12-13,15H,3-5,7,9,11H2,1-2H3. The molecule has 0 saturated carbocycles. The van der Waals surface area contributed by atoms with E-state index in [4.69, 9.17) is 0 Å². The van der Waals surface area contributed by atoms with Gasteiger partial charge in [-0.05, 0) is 44.3 Å². The molecule has 1 aromatic rings. The monoisotopic (exact) mass is 252 g/mol. The maximum atomic E-state index is 3.35. The molecule has 2 unspecified atom stereocenters. The van der Waals surface area contributed by atoms with Gasteiger partial charge in [-0.25, -0.2) is 0 Å². The Bertz CT molecular complexity index is 308. The van der Waals surface area contributed by atoms with Crippen LogP contribution in [0.3, 0.4) is 0 Å². The minimum Gasteiger partial charge on any atom is -0.318 e. The van der Waals surface area contributed by atoms with Crippen molar-refractivity contribution in [2.24, 2.45) is 0 Å². The number of hydrogen-bond acceptors (Lipinski definition) is 3. The van der Waals surface area contributed by atoms with Crippen LogP contribution in [0.4, 0.5) is 0 Å². The molecule has 1 fully saturated rings. The van der Waals surface area contributed by atoms with E-state index in [9.17, 15) is 0 Å². The van der Waals surface area contributed by atoms with E-state index in [1.165, 1.54) is 37.1 Å². The van der Waals surface area contributed by atoms with Gasteiger partial charge >= 0.3 is 0 Å². The van der Waals surface area contributed by atoms with Crippen LogP contribution < -0.4 is 5.32 Å². The van der Waals surface area contributed by atoms with Crippen LogP contribution in [0.25, 0.3) is 0 Å². The Morgan fingerprint density at radius 1 is 1.53 bits per heavy atom. The molecule has 2 rings (SSSR count). The van der Waals surface area contributed by atoms with Gasteiger partial charge < -0.3 is 5.32 Å². The zero-order valence-corrected chi connectivity index (χ0v) is 11.8. The Kier molecular flexibility index (Phi) is 5.01. The molecule has 0 amide bonds. The van der Waals surface area contributed by atoms with Crippen LogP contribution in [-0.4, -0.2) is 31.1 Å². The van der Waals surface area contributed by atoms with E-state index < -0.39 is 0 Å². The molecule has 0 aliphatic carbocycles. The predicted molar refractivity (Wildman–Crippen MR) is 75.6 cm³/mol. The van der Waals surface area contributed by atoms with Crippen molar-refractivity contribution in [1.82, 2.24) is 10.2 Å². The Morgan fingerprint density at radius 2 is 2.41 bits per heavy atom. The summed E-state index contributed by atoms with van der Waals surface area (Å²) in [4.78, 5) is 4.27. The number of nitrogens with one attached hydrogen (secondary N) is 1. The summed E-state index contributed by atoms with van der Waals surface area (Å²) in [5.41, 5.74) is 0. The van der Waals surface area contributed by atoms with Crippen LogP contribution >= 0.6 is 11.3 Å². The summed E-state index contributed by atoms with van der Waals surface area (Å²) in [6, 6.07) is 5.83. The highest BCUT2D eigenvalue weighted by Crippen LogP contribution is 2.33. The first-order valence-corrected chi connectivity index (χ1v) is 7.68. The fourth-order valence-electron chi connectivity index (χ4n) is 2.97. The van der Waals surface area contributed by atoms with Crippen LogP contribution in [0.2, 0.25) is 0 Å². The lowest BCUT2D eigenvalue weighted by molar-refractivity contribution is 0.0935. The van der Waals surface area contributed by atoms with Gasteiger partial charge in [-0.2, -0.15) is 0 Å². The third kappa shape index (κ3) is 3.09. The Labute approximate surface area is 109 Å². The van der Waals surface area contributed by atoms with Crippen molar-refractivity contribution in [3.8, 4) is 0 Å². The second kappa shape index (κ2) is 6.53. The summed E-state index contributed by atoms with van der Waals surface area (Å²) in [7, 11) is 2.07. The minimum atomic E-state index is 0.633. The van der Waals surface area contributed by atoms with Gasteiger partial charge in [0.05, 0.1) is 0 Å². The molecule has 1 N–H and O–H groups in total. The van der Waals surface area contributed by atoms with Gasteiger partial charge in [-0.15, -0.1) is 11.3 Å². The number of hydrogen-bond donors (Lipinski definition) is 1. The van der Waals surface area contributed by atoms with Crippen LogP contribution in [0.1, 0.15) is 43.5 Å². The number of piperidine rings is 1. The maximum absolute atomic E-state index is 3.35. The smallest absolute Gasteiger partial charge is 0.0442 e. The van der Waals surface area contributed by atoms with Crippen molar-refractivity contribution < 1.29 is 0 Å². The molecule has 1 aliphatic heterocycles. The van der Waals surface area contributed by atoms with Gasteiger partial charge in [0.15, 0.2) is 0 Å². The molecule has 17 heavy (non-hydrogen) atoms. The van der Waals surface area contributed by atoms with Crippen LogP contribution in [-0.2, 0) is 0 Å². The zero-order valence-electron chi connectivity index (χ0n) is 11.0. The molecule has 0 spiro atoms. The van der Waals surface area contributed by atoms with Crippen molar-refractivity contribution in [3.05, 3.63) is 22.4 Å². The number of rotatable bonds is 5. The molecule has 0 radical (unpaired) electrons. The third-order valence-electron chi connectivity index (χ3n) is 3.77. The molecule has 0 aromatic carbocycles. The van der Waals surface area contributed by atoms with E-state index in [0.29, 0.717) is 6.04 Å². The summed E-state index contributed by atoms with van der Waals surface area (Å²) in [6.45, 7) is 4.71. The maximum Gasteiger partial charge on any atom is 0.0442 e. The number of likely N-dealkylation sites (N-methyl/N-ethyl adjacent to an activating group) is 1. The predicted octanol–water partition coefficient (Wildman–Crippen LogP) is 3.27. The summed E-state index contributed by atoms with van der Waals surface area (Å²) >= 11 is 1.91. The normalized spacial score (nSPS) is 23.8. The van der Waals surface area contributed by atoms with E-state index in [0.717, 1.165) is 12.6 Å². The van der Waals surface area contributed by atoms with Crippen LogP contribution in [0.15, 0.2) is 17.5 Å². The molecular weight excluding hydrogens is 228 g/mol. The average Bonchev–Trinajstić information content (AvgIpc) is 2.86. The Hall–Kier alpha value is -0.380. The van der Waals surface area contributed by atoms with Gasteiger partial charge in [0.1, 0.15) is 0 Å². The molecule has 2 heterocycles. The fourth-order valence-corrected chi connectivity index (χ4v) is 3.90. The van der Waals surface area contributed by atoms with Crippen molar-refractivity contribution in [3.63, 3.8) is 0 Å². The SMILES string of the molecule is CCC(c1cccs1)N1CCCCC1CNC. The van der Waals surface area contributed by atoms with E-state index in [2.05, 4.69) is 41.7 Å². The third-order valence-corrected chi connectivity index (χ3v) is 4.74. The average molecular weight is 252 g/mol. The zero-order chi connectivity index (χ0) is 12.1. The Morgan fingerprint density at radius 3 is 3.06 bits per heavy atom. The lowest BCUT2D eigenvalue weighted by Crippen LogP contribution is -2.46. The molecule has 96 valence electrons. The number of likely N-dealkylation sites (tertiary alicyclic amines) is 1. The first-order chi connectivity index (χ1) is 8.36. The van der Waals surface area contributed by atoms with E-state index in [1.807, 2.05) is 11.3 Å². The largest absolute Gasteiger partial charge is 0.318 e. The van der Waals surface area contributed by atoms with Gasteiger partial charge in [-0.3, -0.25) is 4.90 Å². The highest BCUT2D eigenvalue weighted by atomic mass is 32.1. The molecule has 2 atom stereocenters. The second-order valence-electron chi connectivity index (χ2n) is 4.88. The molecule has 1 saturated heterocycles. The quantitative estimate of drug-likeness (QED) is 0.865. The summed E-state index contributed by atoms with van der Waals surface area (Å²) in [5.74, 6) is 0. The van der Waals surface area contributed by atoms with E-state index in [-0.39, 0.29) is 0 Å². The molecule has 0 bridgehead atoms. The summed E-state index contributed by atoms with van der Waals surface area (Å²) in [5, 5.41) is 5.56. The van der Waals surface area contributed by atoms with Gasteiger partial charge in [0.2, 0.25) is 0 Å². The van der Waals surface area contributed by atoms with E-state index in [1.54, 1.807) is 0 Å². The number of thiophene rings is 1. The van der Waals surface area contributed by atoms with Gasteiger partial charge in [0.25, 0.3) is 0 Å². The van der Waals surface area contributed by atoms with Crippen molar-refractivity contribution in [1.29, 1.82) is 0 Å². The lowest BCUT2D eigenvalue weighted by atomic mass is 9.98. The lowest BCUT2D eigenvalue weighted by Gasteiger charge is -2.40. The molecule has 2 nitrogen and oxygen atoms in total. The molecule has 1 aromatic heterocycles. The molecule has 1 aliphatic rings. The van der Waals surface area contributed by atoms with Gasteiger partial charge in [-0.1, -0.05) is 19.4 Å². The van der Waals surface area contributed by atoms with E-state index >= 15 is 0 Å². The molecular formula is C14H24N2S. The first kappa shape index (κ1) is 13.1. The topological polar surface area (TPSA) is 15.3 Å². The second-order valence-corrected chi connectivity index (χ2v) is 5.86. The fraction of sp³-hybridized carbons (Fsp3) is 0.714. The van der Waals surface area contributed by atoms with Gasteiger partial charge in [0, 0.05) is 23.5 Å².